The Labute approximate surface area is 192 Å². The van der Waals surface area contributed by atoms with Crippen LogP contribution in [0.2, 0.25) is 0 Å². The first-order chi connectivity index (χ1) is 15.3. The summed E-state index contributed by atoms with van der Waals surface area (Å²) in [7, 11) is 0. The number of ether oxygens (including phenoxy) is 1. The highest BCUT2D eigenvalue weighted by atomic mass is 32.1. The molecule has 0 aliphatic heterocycles. The zero-order chi connectivity index (χ0) is 23.1. The fourth-order valence-corrected chi connectivity index (χ4v) is 2.80. The molecule has 1 fully saturated rings. The molecule has 1 saturated carbocycles. The normalized spacial score (nSPS) is 12.6. The predicted molar refractivity (Wildman–Crippen MR) is 125 cm³/mol. The summed E-state index contributed by atoms with van der Waals surface area (Å²) in [6.45, 7) is 4.70. The molecule has 0 aromatic heterocycles. The van der Waals surface area contributed by atoms with Crippen molar-refractivity contribution in [1.29, 1.82) is 0 Å². The third kappa shape index (κ3) is 7.05. The van der Waals surface area contributed by atoms with Crippen LogP contribution in [0.3, 0.4) is 0 Å². The number of hydrazine groups is 1. The summed E-state index contributed by atoms with van der Waals surface area (Å²) in [4.78, 5) is 36.3. The summed E-state index contributed by atoms with van der Waals surface area (Å²) in [5.41, 5.74) is 6.34. The maximum Gasteiger partial charge on any atom is 0.269 e. The molecular formula is C23H26N4O4S. The van der Waals surface area contributed by atoms with Gasteiger partial charge in [-0.05, 0) is 79.5 Å². The maximum atomic E-state index is 12.3. The first-order valence-electron chi connectivity index (χ1n) is 10.4. The van der Waals surface area contributed by atoms with Gasteiger partial charge in [-0.25, -0.2) is 0 Å². The number of anilines is 1. The topological polar surface area (TPSA) is 109 Å². The maximum absolute atomic E-state index is 12.3. The molecule has 3 amide bonds. The van der Waals surface area contributed by atoms with Crippen molar-refractivity contribution in [2.75, 3.05) is 11.9 Å². The van der Waals surface area contributed by atoms with Crippen LogP contribution in [0.25, 0.3) is 0 Å². The molecule has 3 rings (SSSR count). The van der Waals surface area contributed by atoms with Gasteiger partial charge in [0.2, 0.25) is 5.91 Å². The van der Waals surface area contributed by atoms with Crippen molar-refractivity contribution < 1.29 is 19.1 Å². The van der Waals surface area contributed by atoms with Gasteiger partial charge in [0.05, 0.1) is 6.61 Å². The van der Waals surface area contributed by atoms with E-state index in [2.05, 4.69) is 35.3 Å². The van der Waals surface area contributed by atoms with Gasteiger partial charge in [-0.2, -0.15) is 0 Å². The summed E-state index contributed by atoms with van der Waals surface area (Å²) in [5.74, 6) is 0.345. The van der Waals surface area contributed by atoms with Crippen molar-refractivity contribution in [2.24, 2.45) is 11.8 Å². The average molecular weight is 455 g/mol. The fraction of sp³-hybridized carbons (Fsp3) is 0.304. The van der Waals surface area contributed by atoms with Gasteiger partial charge in [0.1, 0.15) is 5.75 Å². The number of carbonyl (C=O) groups is 3. The Hall–Kier alpha value is -3.46. The largest absolute Gasteiger partial charge is 0.493 e. The molecule has 1 aliphatic rings. The Morgan fingerprint density at radius 3 is 2.12 bits per heavy atom. The number of amides is 3. The van der Waals surface area contributed by atoms with Gasteiger partial charge in [-0.3, -0.25) is 30.6 Å². The number of hydrogen-bond acceptors (Lipinski definition) is 5. The van der Waals surface area contributed by atoms with Crippen molar-refractivity contribution in [2.45, 2.75) is 26.7 Å². The highest BCUT2D eigenvalue weighted by Crippen LogP contribution is 2.30. The first-order valence-corrected chi connectivity index (χ1v) is 10.8. The molecule has 0 spiro atoms. The van der Waals surface area contributed by atoms with Crippen LogP contribution in [0, 0.1) is 11.8 Å². The lowest BCUT2D eigenvalue weighted by molar-refractivity contribution is -0.117. The van der Waals surface area contributed by atoms with E-state index in [-0.39, 0.29) is 16.9 Å². The van der Waals surface area contributed by atoms with Gasteiger partial charge in [-0.1, -0.05) is 13.8 Å². The van der Waals surface area contributed by atoms with Gasteiger partial charge < -0.3 is 10.1 Å². The molecular weight excluding hydrogens is 428 g/mol. The fourth-order valence-electron chi connectivity index (χ4n) is 2.65. The number of thiocarbonyl (C=S) groups is 1. The van der Waals surface area contributed by atoms with E-state index in [1.165, 1.54) is 0 Å². The number of carbonyl (C=O) groups excluding carboxylic acids is 3. The lowest BCUT2D eigenvalue weighted by Gasteiger charge is -2.12. The van der Waals surface area contributed by atoms with E-state index in [0.717, 1.165) is 12.8 Å². The monoisotopic (exact) mass is 454 g/mol. The van der Waals surface area contributed by atoms with Crippen LogP contribution in [0.5, 0.6) is 5.75 Å². The van der Waals surface area contributed by atoms with Gasteiger partial charge in [0, 0.05) is 22.7 Å². The predicted octanol–water partition coefficient (Wildman–Crippen LogP) is 3.02. The van der Waals surface area contributed by atoms with Crippen LogP contribution in [-0.4, -0.2) is 29.4 Å². The minimum absolute atomic E-state index is 0.00248. The highest BCUT2D eigenvalue weighted by molar-refractivity contribution is 7.80. The van der Waals surface area contributed by atoms with Crippen LogP contribution >= 0.6 is 12.2 Å². The molecule has 0 atom stereocenters. The van der Waals surface area contributed by atoms with Crippen molar-refractivity contribution in [1.82, 2.24) is 16.2 Å². The van der Waals surface area contributed by atoms with Gasteiger partial charge >= 0.3 is 0 Å². The molecule has 0 heterocycles. The molecule has 0 unspecified atom stereocenters. The van der Waals surface area contributed by atoms with E-state index in [1.807, 2.05) is 0 Å². The van der Waals surface area contributed by atoms with Crippen LogP contribution in [0.15, 0.2) is 48.5 Å². The van der Waals surface area contributed by atoms with Crippen molar-refractivity contribution in [3.63, 3.8) is 0 Å². The average Bonchev–Trinajstić information content (AvgIpc) is 3.62. The molecule has 168 valence electrons. The summed E-state index contributed by atoms with van der Waals surface area (Å²) < 4.78 is 5.59. The van der Waals surface area contributed by atoms with E-state index in [1.54, 1.807) is 48.5 Å². The van der Waals surface area contributed by atoms with Gasteiger partial charge in [0.15, 0.2) is 5.11 Å². The second kappa shape index (κ2) is 10.7. The van der Waals surface area contributed by atoms with E-state index in [0.29, 0.717) is 35.1 Å². The van der Waals surface area contributed by atoms with Crippen molar-refractivity contribution >= 4 is 40.7 Å². The highest BCUT2D eigenvalue weighted by Gasteiger charge is 2.29. The van der Waals surface area contributed by atoms with Crippen LogP contribution < -0.4 is 26.2 Å². The lowest BCUT2D eigenvalue weighted by atomic mass is 10.2. The molecule has 4 N–H and O–H groups in total. The van der Waals surface area contributed by atoms with Crippen LogP contribution in [0.1, 0.15) is 47.4 Å². The SMILES string of the molecule is CC(C)COc1ccc(C(=O)NC(=S)NNC(=O)c2ccc(NC(=O)C3CC3)cc2)cc1. The molecule has 0 bridgehead atoms. The Kier molecular flexibility index (Phi) is 7.77. The van der Waals surface area contributed by atoms with E-state index >= 15 is 0 Å². The zero-order valence-corrected chi connectivity index (χ0v) is 18.8. The zero-order valence-electron chi connectivity index (χ0n) is 17.9. The van der Waals surface area contributed by atoms with Gasteiger partial charge in [0.25, 0.3) is 11.8 Å². The number of rotatable bonds is 7. The Bertz CT molecular complexity index is 986. The third-order valence-corrected chi connectivity index (χ3v) is 4.78. The van der Waals surface area contributed by atoms with E-state index in [9.17, 15) is 14.4 Å². The Morgan fingerprint density at radius 2 is 1.53 bits per heavy atom. The van der Waals surface area contributed by atoms with Crippen LogP contribution in [-0.2, 0) is 4.79 Å². The Balaban J connectivity index is 1.43. The molecule has 8 nitrogen and oxygen atoms in total. The smallest absolute Gasteiger partial charge is 0.269 e. The second-order valence-corrected chi connectivity index (χ2v) is 8.34. The quantitative estimate of drug-likeness (QED) is 0.378. The van der Waals surface area contributed by atoms with Gasteiger partial charge in [-0.15, -0.1) is 0 Å². The molecule has 9 heteroatoms. The Morgan fingerprint density at radius 1 is 0.938 bits per heavy atom. The summed E-state index contributed by atoms with van der Waals surface area (Å²) in [6.07, 6.45) is 1.85. The third-order valence-electron chi connectivity index (χ3n) is 4.58. The summed E-state index contributed by atoms with van der Waals surface area (Å²) >= 11 is 5.06. The van der Waals surface area contributed by atoms with E-state index in [4.69, 9.17) is 17.0 Å². The minimum Gasteiger partial charge on any atom is -0.493 e. The van der Waals surface area contributed by atoms with Crippen LogP contribution in [0.4, 0.5) is 5.69 Å². The summed E-state index contributed by atoms with van der Waals surface area (Å²) in [6, 6.07) is 13.2. The number of nitrogens with one attached hydrogen (secondary N) is 4. The first kappa shape index (κ1) is 23.2. The van der Waals surface area contributed by atoms with Crippen molar-refractivity contribution in [3.8, 4) is 5.75 Å². The molecule has 2 aromatic rings. The van der Waals surface area contributed by atoms with Crippen molar-refractivity contribution in [3.05, 3.63) is 59.7 Å². The number of benzene rings is 2. The number of hydrogen-bond donors (Lipinski definition) is 4. The second-order valence-electron chi connectivity index (χ2n) is 7.93. The standard InChI is InChI=1S/C23H26N4O4S/c1-14(2)13-31-19-11-7-16(8-12-19)21(29)25-23(32)27-26-22(30)17-5-9-18(10-6-17)24-20(28)15-3-4-15/h5-12,14-15H,3-4,13H2,1-2H3,(H,24,28)(H,26,30)(H2,25,27,29,32). The molecule has 0 radical (unpaired) electrons. The molecule has 1 aliphatic carbocycles. The lowest BCUT2D eigenvalue weighted by Crippen LogP contribution is -2.48. The molecule has 0 saturated heterocycles. The summed E-state index contributed by atoms with van der Waals surface area (Å²) in [5, 5.41) is 5.26. The molecule has 32 heavy (non-hydrogen) atoms. The van der Waals surface area contributed by atoms with E-state index < -0.39 is 11.8 Å². The molecule has 2 aromatic carbocycles. The minimum atomic E-state index is -0.437.